The summed E-state index contributed by atoms with van der Waals surface area (Å²) >= 11 is 0. The molecule has 1 aromatic heterocycles. The highest BCUT2D eigenvalue weighted by Gasteiger charge is 2.26. The second-order valence-electron chi connectivity index (χ2n) is 7.30. The van der Waals surface area contributed by atoms with Crippen molar-refractivity contribution < 1.29 is 4.74 Å². The lowest BCUT2D eigenvalue weighted by atomic mass is 9.80. The summed E-state index contributed by atoms with van der Waals surface area (Å²) in [5, 5.41) is 8.46. The highest BCUT2D eigenvalue weighted by Crippen LogP contribution is 2.36. The minimum absolute atomic E-state index is 0.512. The van der Waals surface area contributed by atoms with E-state index in [9.17, 15) is 0 Å². The molecular weight excluding hydrogens is 288 g/mol. The van der Waals surface area contributed by atoms with Crippen LogP contribution in [0.4, 0.5) is 0 Å². The number of aromatic nitrogens is 3. The lowest BCUT2D eigenvalue weighted by molar-refractivity contribution is 0.177. The molecule has 3 aliphatic rings. The van der Waals surface area contributed by atoms with Gasteiger partial charge < -0.3 is 10.1 Å². The standard InChI is InChI=1S/C18H28N4O/c1-23-12-17-20-18-10-9-16(11-22(18)21-17)19-15-7-5-14(6-8-15)13-3-2-4-13/h15-16,19H,2-12H2,1H3/t16-/m1/s1. The zero-order valence-electron chi connectivity index (χ0n) is 14.2. The van der Waals surface area contributed by atoms with Crippen molar-refractivity contribution in [2.45, 2.75) is 83.0 Å². The van der Waals surface area contributed by atoms with Crippen LogP contribution in [0.15, 0.2) is 11.1 Å². The van der Waals surface area contributed by atoms with Crippen LogP contribution in [0.3, 0.4) is 0 Å². The van der Waals surface area contributed by atoms with Crippen molar-refractivity contribution in [2.75, 3.05) is 7.11 Å². The lowest BCUT2D eigenvalue weighted by Crippen LogP contribution is -2.44. The van der Waals surface area contributed by atoms with Crippen LogP contribution in [-0.2, 0) is 24.3 Å². The van der Waals surface area contributed by atoms with Crippen LogP contribution in [0.1, 0.15) is 63.0 Å². The highest BCUT2D eigenvalue weighted by atomic mass is 16.5. The van der Waals surface area contributed by atoms with Gasteiger partial charge in [-0.1, -0.05) is 11.1 Å². The van der Waals surface area contributed by atoms with Gasteiger partial charge in [-0.25, -0.2) is 9.67 Å². The summed E-state index contributed by atoms with van der Waals surface area (Å²) in [6.45, 7) is 1.47. The fraction of sp³-hybridized carbons (Fsp3) is 0.778. The molecule has 5 heteroatoms. The van der Waals surface area contributed by atoms with E-state index >= 15 is 0 Å². The van der Waals surface area contributed by atoms with Gasteiger partial charge in [-0.15, -0.1) is 0 Å². The maximum absolute atomic E-state index is 5.14. The summed E-state index contributed by atoms with van der Waals surface area (Å²) in [5.41, 5.74) is 3.58. The fourth-order valence-electron chi connectivity index (χ4n) is 4.21. The molecule has 2 fully saturated rings. The van der Waals surface area contributed by atoms with E-state index in [1.54, 1.807) is 18.3 Å². The number of hydrogen-bond donors (Lipinski definition) is 1. The summed E-state index contributed by atoms with van der Waals surface area (Å²) in [7, 11) is 1.70. The van der Waals surface area contributed by atoms with Gasteiger partial charge >= 0.3 is 0 Å². The Morgan fingerprint density at radius 3 is 2.48 bits per heavy atom. The Kier molecular flexibility index (Phi) is 4.49. The van der Waals surface area contributed by atoms with E-state index < -0.39 is 0 Å². The van der Waals surface area contributed by atoms with Crippen LogP contribution in [-0.4, -0.2) is 34.0 Å². The van der Waals surface area contributed by atoms with Crippen LogP contribution in [0.25, 0.3) is 0 Å². The lowest BCUT2D eigenvalue weighted by Gasteiger charge is -2.33. The van der Waals surface area contributed by atoms with Crippen molar-refractivity contribution in [1.29, 1.82) is 0 Å². The Morgan fingerprint density at radius 2 is 1.78 bits per heavy atom. The van der Waals surface area contributed by atoms with E-state index in [1.807, 2.05) is 0 Å². The van der Waals surface area contributed by atoms with E-state index in [4.69, 9.17) is 4.74 Å². The van der Waals surface area contributed by atoms with Gasteiger partial charge in [0, 0.05) is 25.6 Å². The van der Waals surface area contributed by atoms with Gasteiger partial charge in [-0.3, -0.25) is 0 Å². The fourth-order valence-corrected chi connectivity index (χ4v) is 4.21. The normalized spacial score (nSPS) is 27.7. The summed E-state index contributed by atoms with van der Waals surface area (Å²) in [6.07, 6.45) is 11.7. The second-order valence-corrected chi connectivity index (χ2v) is 7.30. The largest absolute Gasteiger partial charge is 0.377 e. The van der Waals surface area contributed by atoms with Crippen LogP contribution in [0, 0.1) is 0 Å². The van der Waals surface area contributed by atoms with Crippen molar-refractivity contribution in [3.63, 3.8) is 0 Å². The van der Waals surface area contributed by atoms with Gasteiger partial charge in [0.1, 0.15) is 12.4 Å². The van der Waals surface area contributed by atoms with Gasteiger partial charge in [0.15, 0.2) is 5.82 Å². The predicted molar refractivity (Wildman–Crippen MR) is 89.1 cm³/mol. The predicted octanol–water partition coefficient (Wildman–Crippen LogP) is 2.75. The highest BCUT2D eigenvalue weighted by molar-refractivity contribution is 5.21. The summed E-state index contributed by atoms with van der Waals surface area (Å²) < 4.78 is 7.22. The summed E-state index contributed by atoms with van der Waals surface area (Å²) in [5.74, 6) is 1.94. The molecule has 2 aliphatic carbocycles. The molecule has 0 aromatic carbocycles. The molecule has 0 bridgehead atoms. The number of nitrogens with zero attached hydrogens (tertiary/aromatic N) is 3. The van der Waals surface area contributed by atoms with Crippen LogP contribution >= 0.6 is 0 Å². The molecule has 0 spiro atoms. The van der Waals surface area contributed by atoms with Gasteiger partial charge in [0.05, 0.1) is 6.54 Å². The number of nitrogens with one attached hydrogen (secondary N) is 1. The third-order valence-corrected chi connectivity index (χ3v) is 5.69. The molecule has 1 aromatic rings. The summed E-state index contributed by atoms with van der Waals surface area (Å²) in [4.78, 5) is 4.56. The minimum Gasteiger partial charge on any atom is -0.377 e. The molecule has 4 rings (SSSR count). The number of hydrogen-bond acceptors (Lipinski definition) is 4. The van der Waals surface area contributed by atoms with E-state index in [2.05, 4.69) is 20.1 Å². The third kappa shape index (κ3) is 3.36. The molecule has 2 heterocycles. The van der Waals surface area contributed by atoms with Crippen molar-refractivity contribution in [1.82, 2.24) is 20.1 Å². The average molecular weight is 316 g/mol. The van der Waals surface area contributed by atoms with E-state index in [0.29, 0.717) is 18.7 Å². The third-order valence-electron chi connectivity index (χ3n) is 5.69. The first-order chi connectivity index (χ1) is 11.3. The molecule has 1 atom stereocenters. The first-order valence-electron chi connectivity index (χ1n) is 9.19. The molecule has 23 heavy (non-hydrogen) atoms. The number of fused-ring (bicyclic) bond motifs is 1. The van der Waals surface area contributed by atoms with Crippen molar-refractivity contribution in [3.8, 4) is 0 Å². The van der Waals surface area contributed by atoms with Gasteiger partial charge in [-0.05, 0) is 51.4 Å². The van der Waals surface area contributed by atoms with E-state index in [0.717, 1.165) is 24.6 Å². The van der Waals surface area contributed by atoms with Gasteiger partial charge in [-0.2, -0.15) is 5.10 Å². The first kappa shape index (κ1) is 15.3. The quantitative estimate of drug-likeness (QED) is 0.868. The van der Waals surface area contributed by atoms with Crippen LogP contribution < -0.4 is 5.32 Å². The van der Waals surface area contributed by atoms with Crippen molar-refractivity contribution in [3.05, 3.63) is 22.8 Å². The number of allylic oxidation sites excluding steroid dienone is 2. The Labute approximate surface area is 138 Å². The molecule has 0 unspecified atom stereocenters. The maximum atomic E-state index is 5.14. The molecule has 0 saturated heterocycles. The van der Waals surface area contributed by atoms with Crippen molar-refractivity contribution >= 4 is 0 Å². The average Bonchev–Trinajstić information content (AvgIpc) is 2.89. The number of methoxy groups -OCH3 is 1. The smallest absolute Gasteiger partial charge is 0.176 e. The van der Waals surface area contributed by atoms with Crippen molar-refractivity contribution in [2.24, 2.45) is 0 Å². The molecule has 0 radical (unpaired) electrons. The molecule has 1 N–H and O–H groups in total. The Hall–Kier alpha value is -1.20. The molecule has 0 amide bonds. The SMILES string of the molecule is COCc1nc2n(n1)C[C@H](NC1CCC(=C3CCC3)CC1)CC2. The van der Waals surface area contributed by atoms with Crippen LogP contribution in [0.5, 0.6) is 0 Å². The van der Waals surface area contributed by atoms with E-state index in [1.165, 1.54) is 51.4 Å². The number of ether oxygens (including phenoxy) is 1. The zero-order valence-corrected chi connectivity index (χ0v) is 14.2. The monoisotopic (exact) mass is 316 g/mol. The second kappa shape index (κ2) is 6.73. The van der Waals surface area contributed by atoms with E-state index in [-0.39, 0.29) is 0 Å². The van der Waals surface area contributed by atoms with Gasteiger partial charge in [0.25, 0.3) is 0 Å². The number of rotatable bonds is 4. The Balaban J connectivity index is 1.30. The van der Waals surface area contributed by atoms with Crippen LogP contribution in [0.2, 0.25) is 0 Å². The topological polar surface area (TPSA) is 52.0 Å². The molecule has 126 valence electrons. The minimum atomic E-state index is 0.512. The Morgan fingerprint density at radius 1 is 1.04 bits per heavy atom. The molecular formula is C18H28N4O. The molecule has 5 nitrogen and oxygen atoms in total. The molecule has 2 saturated carbocycles. The first-order valence-corrected chi connectivity index (χ1v) is 9.19. The zero-order chi connectivity index (χ0) is 15.6. The Bertz CT molecular complexity index is 576. The van der Waals surface area contributed by atoms with Gasteiger partial charge in [0.2, 0.25) is 0 Å². The molecule has 1 aliphatic heterocycles. The maximum Gasteiger partial charge on any atom is 0.176 e. The summed E-state index contributed by atoms with van der Waals surface area (Å²) in [6, 6.07) is 1.23. The number of aryl methyl sites for hydroxylation is 1.